The minimum atomic E-state index is -2.88. The molecule has 4 aromatic rings. The molecule has 1 aliphatic rings. The topological polar surface area (TPSA) is 82.6 Å². The first kappa shape index (κ1) is 16.7. The van der Waals surface area contributed by atoms with E-state index in [-0.39, 0.29) is 5.69 Å². The van der Waals surface area contributed by atoms with Gasteiger partial charge in [0.05, 0.1) is 12.0 Å². The number of para-hydroxylation sites is 1. The zero-order chi connectivity index (χ0) is 19.3. The van der Waals surface area contributed by atoms with Gasteiger partial charge < -0.3 is 14.9 Å². The molecule has 0 bridgehead atoms. The molecule has 9 heteroatoms. The van der Waals surface area contributed by atoms with Gasteiger partial charge in [-0.15, -0.1) is 0 Å². The highest BCUT2D eigenvalue weighted by Gasteiger charge is 2.37. The van der Waals surface area contributed by atoms with Crippen LogP contribution in [0.1, 0.15) is 40.2 Å². The van der Waals surface area contributed by atoms with E-state index in [1.54, 1.807) is 11.2 Å². The van der Waals surface area contributed by atoms with E-state index < -0.39 is 18.5 Å². The number of carbonyl (C=O) groups is 1. The summed E-state index contributed by atoms with van der Waals surface area (Å²) in [7, 11) is 0. The third-order valence-electron chi connectivity index (χ3n) is 5.11. The van der Waals surface area contributed by atoms with Crippen molar-refractivity contribution in [2.45, 2.75) is 19.0 Å². The molecule has 0 aliphatic carbocycles. The molecule has 0 unspecified atom stereocenters. The van der Waals surface area contributed by atoms with Gasteiger partial charge in [0.25, 0.3) is 5.91 Å². The summed E-state index contributed by atoms with van der Waals surface area (Å²) < 4.78 is 26.9. The lowest BCUT2D eigenvalue weighted by Crippen LogP contribution is -2.41. The van der Waals surface area contributed by atoms with E-state index in [4.69, 9.17) is 0 Å². The highest BCUT2D eigenvalue weighted by Crippen LogP contribution is 2.35. The lowest BCUT2D eigenvalue weighted by atomic mass is 9.99. The van der Waals surface area contributed by atoms with E-state index in [1.807, 2.05) is 30.3 Å². The molecule has 3 aromatic heterocycles. The van der Waals surface area contributed by atoms with E-state index in [9.17, 15) is 13.6 Å². The van der Waals surface area contributed by atoms with Crippen molar-refractivity contribution < 1.29 is 13.6 Å². The Morgan fingerprint density at radius 3 is 2.93 bits per heavy atom. The molecule has 1 aromatic carbocycles. The number of amides is 1. The van der Waals surface area contributed by atoms with Gasteiger partial charge in [-0.1, -0.05) is 18.2 Å². The second-order valence-corrected chi connectivity index (χ2v) is 6.67. The molecule has 0 radical (unpaired) electrons. The summed E-state index contributed by atoms with van der Waals surface area (Å²) in [6.07, 6.45) is 3.37. The average Bonchev–Trinajstić information content (AvgIpc) is 3.44. The van der Waals surface area contributed by atoms with Crippen LogP contribution in [0.3, 0.4) is 0 Å². The molecule has 7 nitrogen and oxygen atoms in total. The van der Waals surface area contributed by atoms with Crippen molar-refractivity contribution in [3.8, 4) is 0 Å². The van der Waals surface area contributed by atoms with Crippen LogP contribution >= 0.6 is 0 Å². The molecule has 0 spiro atoms. The highest BCUT2D eigenvalue weighted by molar-refractivity contribution is 5.93. The van der Waals surface area contributed by atoms with Crippen molar-refractivity contribution in [2.24, 2.45) is 0 Å². The van der Waals surface area contributed by atoms with E-state index in [2.05, 4.69) is 20.1 Å². The monoisotopic (exact) mass is 382 g/mol. The SMILES string of the molecule is O=C(c1ccnn1C(F)F)N1CCc2[nH]cnc2[C@@H]1c1cc2ccccc2[nH]1. The second-order valence-electron chi connectivity index (χ2n) is 6.67. The van der Waals surface area contributed by atoms with Crippen LogP contribution in [0.2, 0.25) is 0 Å². The Morgan fingerprint density at radius 2 is 2.11 bits per heavy atom. The van der Waals surface area contributed by atoms with Gasteiger partial charge in [-0.05, 0) is 23.6 Å². The summed E-state index contributed by atoms with van der Waals surface area (Å²) in [5.74, 6) is -0.505. The normalized spacial score (nSPS) is 16.7. The van der Waals surface area contributed by atoms with Crippen molar-refractivity contribution in [2.75, 3.05) is 6.54 Å². The van der Waals surface area contributed by atoms with E-state index in [0.29, 0.717) is 23.3 Å². The fourth-order valence-electron chi connectivity index (χ4n) is 3.84. The molecular weight excluding hydrogens is 366 g/mol. The summed E-state index contributed by atoms with van der Waals surface area (Å²) >= 11 is 0. The van der Waals surface area contributed by atoms with Crippen LogP contribution in [-0.4, -0.2) is 42.1 Å². The predicted octanol–water partition coefficient (Wildman–Crippen LogP) is 3.27. The lowest BCUT2D eigenvalue weighted by Gasteiger charge is -2.34. The Bertz CT molecular complexity index is 1130. The third kappa shape index (κ3) is 2.50. The summed E-state index contributed by atoms with van der Waals surface area (Å²) in [5.41, 5.74) is 3.23. The highest BCUT2D eigenvalue weighted by atomic mass is 19.3. The van der Waals surface area contributed by atoms with Crippen LogP contribution in [0.5, 0.6) is 0 Å². The average molecular weight is 382 g/mol. The second kappa shape index (κ2) is 6.29. The Morgan fingerprint density at radius 1 is 1.25 bits per heavy atom. The molecule has 0 saturated heterocycles. The fourth-order valence-corrected chi connectivity index (χ4v) is 3.84. The van der Waals surface area contributed by atoms with Crippen LogP contribution in [0.4, 0.5) is 8.78 Å². The maximum Gasteiger partial charge on any atom is 0.333 e. The van der Waals surface area contributed by atoms with Gasteiger partial charge in [-0.3, -0.25) is 4.79 Å². The molecular formula is C19H16F2N6O. The number of nitrogens with one attached hydrogen (secondary N) is 2. The van der Waals surface area contributed by atoms with E-state index in [0.717, 1.165) is 22.3 Å². The van der Waals surface area contributed by atoms with Crippen molar-refractivity contribution in [1.82, 2.24) is 29.6 Å². The third-order valence-corrected chi connectivity index (χ3v) is 5.11. The lowest BCUT2D eigenvalue weighted by molar-refractivity contribution is 0.0441. The molecule has 4 heterocycles. The van der Waals surface area contributed by atoms with Crippen molar-refractivity contribution in [3.63, 3.8) is 0 Å². The van der Waals surface area contributed by atoms with Gasteiger partial charge >= 0.3 is 6.55 Å². The van der Waals surface area contributed by atoms with Crippen LogP contribution in [-0.2, 0) is 6.42 Å². The number of imidazole rings is 1. The zero-order valence-electron chi connectivity index (χ0n) is 14.6. The number of benzene rings is 1. The number of alkyl halides is 2. The standard InChI is InChI=1S/C19H16F2N6O/c20-19(21)27-15(5-7-24-27)18(28)26-8-6-13-16(23-10-22-13)17(26)14-9-11-3-1-2-4-12(11)25-14/h1-5,7,9-10,17,19,25H,6,8H2,(H,22,23)/t17-/m0/s1. The minimum Gasteiger partial charge on any atom is -0.356 e. The number of hydrogen-bond donors (Lipinski definition) is 2. The first-order valence-electron chi connectivity index (χ1n) is 8.86. The number of aromatic nitrogens is 5. The summed E-state index contributed by atoms with van der Waals surface area (Å²) in [4.78, 5) is 25.6. The number of fused-ring (bicyclic) bond motifs is 2. The number of carbonyl (C=O) groups excluding carboxylic acids is 1. The number of H-pyrrole nitrogens is 2. The number of halogens is 2. The number of rotatable bonds is 3. The van der Waals surface area contributed by atoms with Crippen LogP contribution in [0.25, 0.3) is 10.9 Å². The molecule has 1 amide bonds. The first-order chi connectivity index (χ1) is 13.6. The van der Waals surface area contributed by atoms with Crippen molar-refractivity contribution >= 4 is 16.8 Å². The molecule has 1 atom stereocenters. The molecule has 5 rings (SSSR count). The molecule has 0 fully saturated rings. The van der Waals surface area contributed by atoms with Gasteiger partial charge in [-0.25, -0.2) is 4.98 Å². The number of nitrogens with zero attached hydrogens (tertiary/aromatic N) is 4. The summed E-state index contributed by atoms with van der Waals surface area (Å²) in [5, 5.41) is 4.59. The fraction of sp³-hybridized carbons (Fsp3) is 0.211. The molecule has 28 heavy (non-hydrogen) atoms. The van der Waals surface area contributed by atoms with E-state index >= 15 is 0 Å². The van der Waals surface area contributed by atoms with Crippen molar-refractivity contribution in [3.05, 3.63) is 71.7 Å². The van der Waals surface area contributed by atoms with Gasteiger partial charge in [0, 0.05) is 36.1 Å². The molecule has 1 aliphatic heterocycles. The maximum atomic E-state index is 13.2. The van der Waals surface area contributed by atoms with Crippen LogP contribution < -0.4 is 0 Å². The Balaban J connectivity index is 1.62. The predicted molar refractivity (Wildman–Crippen MR) is 96.9 cm³/mol. The van der Waals surface area contributed by atoms with Crippen molar-refractivity contribution in [1.29, 1.82) is 0 Å². The maximum absolute atomic E-state index is 13.2. The molecule has 2 N–H and O–H groups in total. The number of aromatic amines is 2. The zero-order valence-corrected chi connectivity index (χ0v) is 14.6. The largest absolute Gasteiger partial charge is 0.356 e. The summed E-state index contributed by atoms with van der Waals surface area (Å²) in [6, 6.07) is 10.6. The number of hydrogen-bond acceptors (Lipinski definition) is 3. The first-order valence-corrected chi connectivity index (χ1v) is 8.86. The molecule has 0 saturated carbocycles. The van der Waals surface area contributed by atoms with Gasteiger partial charge in [0.15, 0.2) is 0 Å². The smallest absolute Gasteiger partial charge is 0.333 e. The van der Waals surface area contributed by atoms with Gasteiger partial charge in [0.2, 0.25) is 0 Å². The van der Waals surface area contributed by atoms with Crippen LogP contribution in [0, 0.1) is 0 Å². The minimum absolute atomic E-state index is 0.143. The Kier molecular flexibility index (Phi) is 3.75. The summed E-state index contributed by atoms with van der Waals surface area (Å²) in [6.45, 7) is -2.51. The van der Waals surface area contributed by atoms with Gasteiger partial charge in [0.1, 0.15) is 11.7 Å². The quantitative estimate of drug-likeness (QED) is 0.571. The Hall–Kier alpha value is -3.49. The van der Waals surface area contributed by atoms with Crippen LogP contribution in [0.15, 0.2) is 48.9 Å². The van der Waals surface area contributed by atoms with Gasteiger partial charge in [-0.2, -0.15) is 18.6 Å². The molecule has 142 valence electrons. The van der Waals surface area contributed by atoms with E-state index in [1.165, 1.54) is 12.3 Å². The Labute approximate surface area is 158 Å².